The van der Waals surface area contributed by atoms with Gasteiger partial charge in [0.2, 0.25) is 0 Å². The molecule has 0 radical (unpaired) electrons. The van der Waals surface area contributed by atoms with Crippen molar-refractivity contribution in [2.45, 2.75) is 6.92 Å². The molecule has 1 saturated heterocycles. The molecular formula is C20H21Cl2N5O. The molecule has 1 amide bonds. The van der Waals surface area contributed by atoms with Crippen molar-refractivity contribution in [1.82, 2.24) is 24.6 Å². The lowest BCUT2D eigenvalue weighted by atomic mass is 10.1. The summed E-state index contributed by atoms with van der Waals surface area (Å²) in [6.07, 6.45) is 1.70. The van der Waals surface area contributed by atoms with Gasteiger partial charge < -0.3 is 9.80 Å². The van der Waals surface area contributed by atoms with Crippen molar-refractivity contribution in [2.24, 2.45) is 7.05 Å². The number of carbonyl (C=O) groups excluding carboxylic acids is 1. The van der Waals surface area contributed by atoms with Crippen LogP contribution in [-0.4, -0.2) is 63.2 Å². The Kier molecular flexibility index (Phi) is 5.27. The molecule has 8 heteroatoms. The average molecular weight is 418 g/mol. The summed E-state index contributed by atoms with van der Waals surface area (Å²) < 4.78 is 1.68. The Morgan fingerprint density at radius 2 is 1.75 bits per heavy atom. The summed E-state index contributed by atoms with van der Waals surface area (Å²) in [6, 6.07) is 7.09. The maximum atomic E-state index is 13.3. The van der Waals surface area contributed by atoms with Gasteiger partial charge in [-0.2, -0.15) is 5.10 Å². The molecular weight excluding hydrogens is 397 g/mol. The van der Waals surface area contributed by atoms with Crippen LogP contribution in [0.2, 0.25) is 10.0 Å². The largest absolute Gasteiger partial charge is 0.336 e. The smallest absolute Gasteiger partial charge is 0.254 e. The van der Waals surface area contributed by atoms with Gasteiger partial charge in [0.05, 0.1) is 22.8 Å². The molecule has 146 valence electrons. The third-order valence-electron chi connectivity index (χ3n) is 5.20. The van der Waals surface area contributed by atoms with Crippen molar-refractivity contribution in [3.05, 3.63) is 46.1 Å². The van der Waals surface area contributed by atoms with Crippen LogP contribution in [0.25, 0.3) is 22.3 Å². The van der Waals surface area contributed by atoms with E-state index in [-0.39, 0.29) is 5.91 Å². The summed E-state index contributed by atoms with van der Waals surface area (Å²) in [5, 5.41) is 6.11. The zero-order chi connectivity index (χ0) is 19.8. The van der Waals surface area contributed by atoms with Crippen LogP contribution >= 0.6 is 23.2 Å². The molecule has 0 unspecified atom stereocenters. The van der Waals surface area contributed by atoms with Crippen LogP contribution in [0.15, 0.2) is 30.5 Å². The fourth-order valence-corrected chi connectivity index (χ4v) is 4.10. The van der Waals surface area contributed by atoms with Gasteiger partial charge in [0.25, 0.3) is 5.91 Å². The second kappa shape index (κ2) is 7.70. The van der Waals surface area contributed by atoms with Gasteiger partial charge in [-0.15, -0.1) is 0 Å². The van der Waals surface area contributed by atoms with E-state index >= 15 is 0 Å². The number of rotatable bonds is 3. The van der Waals surface area contributed by atoms with Gasteiger partial charge in [0.15, 0.2) is 5.65 Å². The van der Waals surface area contributed by atoms with E-state index in [1.165, 1.54) is 0 Å². The summed E-state index contributed by atoms with van der Waals surface area (Å²) in [7, 11) is 1.82. The normalized spacial score (nSPS) is 15.4. The van der Waals surface area contributed by atoms with Crippen LogP contribution in [-0.2, 0) is 7.05 Å². The molecule has 0 atom stereocenters. The van der Waals surface area contributed by atoms with E-state index in [0.29, 0.717) is 26.9 Å². The molecule has 3 heterocycles. The van der Waals surface area contributed by atoms with E-state index in [1.807, 2.05) is 18.0 Å². The number of carbonyl (C=O) groups is 1. The minimum absolute atomic E-state index is 0.00512. The number of hydrogen-bond acceptors (Lipinski definition) is 4. The van der Waals surface area contributed by atoms with Crippen LogP contribution in [0.4, 0.5) is 0 Å². The van der Waals surface area contributed by atoms with Crippen LogP contribution in [0.5, 0.6) is 0 Å². The van der Waals surface area contributed by atoms with E-state index in [9.17, 15) is 4.79 Å². The SMILES string of the molecule is CCN1CCN(C(=O)c2cc(-c3cc(Cl)cc(Cl)c3)nc3c2cnn3C)CC1. The lowest BCUT2D eigenvalue weighted by Crippen LogP contribution is -2.48. The van der Waals surface area contributed by atoms with Crippen molar-refractivity contribution in [3.63, 3.8) is 0 Å². The number of likely N-dealkylation sites (N-methyl/N-ethyl adjacent to an activating group) is 1. The molecule has 1 aliphatic rings. The number of aryl methyl sites for hydroxylation is 1. The number of nitrogens with zero attached hydrogens (tertiary/aromatic N) is 5. The summed E-state index contributed by atoms with van der Waals surface area (Å²) in [4.78, 5) is 22.3. The molecule has 28 heavy (non-hydrogen) atoms. The molecule has 6 nitrogen and oxygen atoms in total. The molecule has 0 saturated carbocycles. The minimum Gasteiger partial charge on any atom is -0.336 e. The Hall–Kier alpha value is -2.15. The van der Waals surface area contributed by atoms with Crippen molar-refractivity contribution in [2.75, 3.05) is 32.7 Å². The first-order valence-corrected chi connectivity index (χ1v) is 10.0. The van der Waals surface area contributed by atoms with Gasteiger partial charge in [-0.05, 0) is 30.8 Å². The number of benzene rings is 1. The maximum Gasteiger partial charge on any atom is 0.254 e. The van der Waals surface area contributed by atoms with Gasteiger partial charge in [0, 0.05) is 48.8 Å². The van der Waals surface area contributed by atoms with Gasteiger partial charge >= 0.3 is 0 Å². The number of aromatic nitrogens is 3. The number of fused-ring (bicyclic) bond motifs is 1. The van der Waals surface area contributed by atoms with E-state index in [0.717, 1.165) is 43.7 Å². The van der Waals surface area contributed by atoms with Crippen LogP contribution in [0.3, 0.4) is 0 Å². The first-order chi connectivity index (χ1) is 13.5. The molecule has 2 aromatic heterocycles. The molecule has 0 N–H and O–H groups in total. The van der Waals surface area contributed by atoms with Crippen molar-refractivity contribution >= 4 is 40.1 Å². The van der Waals surface area contributed by atoms with Crippen molar-refractivity contribution < 1.29 is 4.79 Å². The zero-order valence-electron chi connectivity index (χ0n) is 15.8. The summed E-state index contributed by atoms with van der Waals surface area (Å²) in [5.41, 5.74) is 2.68. The Balaban J connectivity index is 1.78. The predicted molar refractivity (Wildman–Crippen MR) is 112 cm³/mol. The van der Waals surface area contributed by atoms with E-state index < -0.39 is 0 Å². The first-order valence-electron chi connectivity index (χ1n) is 9.27. The maximum absolute atomic E-state index is 13.3. The van der Waals surface area contributed by atoms with Crippen LogP contribution in [0, 0.1) is 0 Å². The highest BCUT2D eigenvalue weighted by molar-refractivity contribution is 6.35. The summed E-state index contributed by atoms with van der Waals surface area (Å²) in [6.45, 7) is 6.36. The molecule has 0 bridgehead atoms. The number of hydrogen-bond donors (Lipinski definition) is 0. The van der Waals surface area contributed by atoms with Crippen molar-refractivity contribution in [1.29, 1.82) is 0 Å². The fourth-order valence-electron chi connectivity index (χ4n) is 3.58. The summed E-state index contributed by atoms with van der Waals surface area (Å²) >= 11 is 12.3. The Morgan fingerprint density at radius 3 is 2.39 bits per heavy atom. The van der Waals surface area contributed by atoms with Crippen molar-refractivity contribution in [3.8, 4) is 11.3 Å². The molecule has 3 aromatic rings. The van der Waals surface area contributed by atoms with E-state index in [1.54, 1.807) is 29.1 Å². The zero-order valence-corrected chi connectivity index (χ0v) is 17.3. The van der Waals surface area contributed by atoms with Crippen LogP contribution in [0.1, 0.15) is 17.3 Å². The molecule has 1 aromatic carbocycles. The Bertz CT molecular complexity index is 1020. The predicted octanol–water partition coefficient (Wildman–Crippen LogP) is 3.72. The highest BCUT2D eigenvalue weighted by Gasteiger charge is 2.25. The highest BCUT2D eigenvalue weighted by Crippen LogP contribution is 2.30. The van der Waals surface area contributed by atoms with Gasteiger partial charge in [-0.25, -0.2) is 4.98 Å². The number of piperazine rings is 1. The minimum atomic E-state index is 0.00512. The number of halogens is 2. The van der Waals surface area contributed by atoms with Crippen LogP contribution < -0.4 is 0 Å². The van der Waals surface area contributed by atoms with E-state index in [2.05, 4.69) is 16.9 Å². The molecule has 0 spiro atoms. The quantitative estimate of drug-likeness (QED) is 0.651. The Morgan fingerprint density at radius 1 is 1.07 bits per heavy atom. The Labute approximate surface area is 173 Å². The lowest BCUT2D eigenvalue weighted by Gasteiger charge is -2.34. The second-order valence-electron chi connectivity index (χ2n) is 6.95. The van der Waals surface area contributed by atoms with Gasteiger partial charge in [-0.3, -0.25) is 9.48 Å². The topological polar surface area (TPSA) is 54.3 Å². The average Bonchev–Trinajstić information content (AvgIpc) is 3.07. The summed E-state index contributed by atoms with van der Waals surface area (Å²) in [5.74, 6) is 0.00512. The third-order valence-corrected chi connectivity index (χ3v) is 5.64. The molecule has 1 aliphatic heterocycles. The second-order valence-corrected chi connectivity index (χ2v) is 7.82. The lowest BCUT2D eigenvalue weighted by molar-refractivity contribution is 0.0645. The number of pyridine rings is 1. The third kappa shape index (κ3) is 3.60. The van der Waals surface area contributed by atoms with E-state index in [4.69, 9.17) is 28.2 Å². The van der Waals surface area contributed by atoms with Gasteiger partial charge in [0.1, 0.15) is 0 Å². The fraction of sp³-hybridized carbons (Fsp3) is 0.350. The molecule has 0 aliphatic carbocycles. The number of amides is 1. The molecule has 4 rings (SSSR count). The monoisotopic (exact) mass is 417 g/mol. The van der Waals surface area contributed by atoms with Gasteiger partial charge in [-0.1, -0.05) is 30.1 Å². The first kappa shape index (κ1) is 19.2. The molecule has 1 fully saturated rings. The standard InChI is InChI=1S/C20H21Cl2N5O/c1-3-26-4-6-27(7-5-26)20(28)16-11-18(13-8-14(21)10-15(22)9-13)24-19-17(16)12-23-25(19)2/h8-12H,3-7H2,1-2H3. The highest BCUT2D eigenvalue weighted by atomic mass is 35.5.